The highest BCUT2D eigenvalue weighted by atomic mass is 15.2. The van der Waals surface area contributed by atoms with Crippen LogP contribution < -0.4 is 5.73 Å². The van der Waals surface area contributed by atoms with Crippen LogP contribution in [0.1, 0.15) is 58.8 Å². The third-order valence-electron chi connectivity index (χ3n) is 3.67. The summed E-state index contributed by atoms with van der Waals surface area (Å²) in [5, 5.41) is 0. The van der Waals surface area contributed by atoms with Gasteiger partial charge in [-0.25, -0.2) is 0 Å². The number of rotatable bonds is 1. The SMILES string of the molecule is CC.NC1CCN(C2CCCCC2)CC1. The fourth-order valence-corrected chi connectivity index (χ4v) is 2.73. The van der Waals surface area contributed by atoms with Crippen molar-refractivity contribution in [1.82, 2.24) is 4.90 Å². The number of piperidine rings is 1. The van der Waals surface area contributed by atoms with Crippen molar-refractivity contribution in [2.24, 2.45) is 5.73 Å². The Morgan fingerprint density at radius 3 is 1.93 bits per heavy atom. The number of hydrogen-bond donors (Lipinski definition) is 1. The van der Waals surface area contributed by atoms with Crippen LogP contribution >= 0.6 is 0 Å². The van der Waals surface area contributed by atoms with Crippen LogP contribution in [0.5, 0.6) is 0 Å². The highest BCUT2D eigenvalue weighted by molar-refractivity contribution is 4.81. The maximum absolute atomic E-state index is 5.90. The molecule has 0 unspecified atom stereocenters. The van der Waals surface area contributed by atoms with Gasteiger partial charge in [0.05, 0.1) is 0 Å². The maximum Gasteiger partial charge on any atom is 0.00952 e. The van der Waals surface area contributed by atoms with Gasteiger partial charge in [0.25, 0.3) is 0 Å². The van der Waals surface area contributed by atoms with Gasteiger partial charge in [0.15, 0.2) is 0 Å². The van der Waals surface area contributed by atoms with Crippen molar-refractivity contribution < 1.29 is 0 Å². The van der Waals surface area contributed by atoms with Gasteiger partial charge in [-0.15, -0.1) is 0 Å². The summed E-state index contributed by atoms with van der Waals surface area (Å²) in [4.78, 5) is 2.68. The average molecular weight is 212 g/mol. The molecule has 2 aliphatic rings. The Kier molecular flexibility index (Phi) is 6.26. The standard InChI is InChI=1S/C11H22N2.C2H6/c12-10-6-8-13(9-7-10)11-4-2-1-3-5-11;1-2/h10-11H,1-9,12H2;1-2H3. The fourth-order valence-electron chi connectivity index (χ4n) is 2.73. The molecular weight excluding hydrogens is 184 g/mol. The van der Waals surface area contributed by atoms with E-state index in [0.717, 1.165) is 6.04 Å². The summed E-state index contributed by atoms with van der Waals surface area (Å²) >= 11 is 0. The van der Waals surface area contributed by atoms with E-state index < -0.39 is 0 Å². The molecule has 1 saturated carbocycles. The second-order valence-electron chi connectivity index (χ2n) is 4.67. The molecule has 2 heteroatoms. The van der Waals surface area contributed by atoms with Crippen LogP contribution in [0.3, 0.4) is 0 Å². The first-order valence-corrected chi connectivity index (χ1v) is 6.86. The Morgan fingerprint density at radius 2 is 1.40 bits per heavy atom. The van der Waals surface area contributed by atoms with E-state index in [-0.39, 0.29) is 0 Å². The molecule has 1 aliphatic carbocycles. The molecule has 1 heterocycles. The predicted molar refractivity (Wildman–Crippen MR) is 67.0 cm³/mol. The molecule has 0 aromatic rings. The summed E-state index contributed by atoms with van der Waals surface area (Å²) in [6.45, 7) is 6.51. The van der Waals surface area contributed by atoms with Crippen molar-refractivity contribution in [3.05, 3.63) is 0 Å². The summed E-state index contributed by atoms with van der Waals surface area (Å²) in [5.74, 6) is 0. The van der Waals surface area contributed by atoms with E-state index in [1.165, 1.54) is 58.0 Å². The van der Waals surface area contributed by atoms with Crippen LogP contribution in [0, 0.1) is 0 Å². The molecule has 1 saturated heterocycles. The first-order chi connectivity index (χ1) is 7.36. The van der Waals surface area contributed by atoms with Gasteiger partial charge in [-0.05, 0) is 38.8 Å². The van der Waals surface area contributed by atoms with Gasteiger partial charge in [-0.2, -0.15) is 0 Å². The largest absolute Gasteiger partial charge is 0.328 e. The molecular formula is C13H28N2. The topological polar surface area (TPSA) is 29.3 Å². The third kappa shape index (κ3) is 4.12. The number of nitrogens with two attached hydrogens (primary N) is 1. The van der Waals surface area contributed by atoms with Gasteiger partial charge in [0, 0.05) is 12.1 Å². The van der Waals surface area contributed by atoms with Gasteiger partial charge in [-0.1, -0.05) is 33.1 Å². The zero-order valence-electron chi connectivity index (χ0n) is 10.5. The molecule has 0 amide bonds. The van der Waals surface area contributed by atoms with Crippen molar-refractivity contribution >= 4 is 0 Å². The Balaban J connectivity index is 0.000000531. The summed E-state index contributed by atoms with van der Waals surface area (Å²) in [7, 11) is 0. The first kappa shape index (κ1) is 13.0. The van der Waals surface area contributed by atoms with Crippen molar-refractivity contribution in [3.63, 3.8) is 0 Å². The van der Waals surface area contributed by atoms with E-state index in [9.17, 15) is 0 Å². The van der Waals surface area contributed by atoms with Gasteiger partial charge in [0.1, 0.15) is 0 Å². The van der Waals surface area contributed by atoms with Crippen LogP contribution in [0.25, 0.3) is 0 Å². The van der Waals surface area contributed by atoms with Gasteiger partial charge in [-0.3, -0.25) is 0 Å². The zero-order valence-corrected chi connectivity index (χ0v) is 10.5. The Morgan fingerprint density at radius 1 is 0.867 bits per heavy atom. The predicted octanol–water partition coefficient (Wildman–Crippen LogP) is 2.77. The van der Waals surface area contributed by atoms with Crippen LogP contribution in [0.4, 0.5) is 0 Å². The normalized spacial score (nSPS) is 25.8. The van der Waals surface area contributed by atoms with E-state index in [0.29, 0.717) is 6.04 Å². The summed E-state index contributed by atoms with van der Waals surface area (Å²) in [6, 6.07) is 1.39. The molecule has 2 N–H and O–H groups in total. The maximum atomic E-state index is 5.90. The molecule has 90 valence electrons. The molecule has 0 atom stereocenters. The minimum Gasteiger partial charge on any atom is -0.328 e. The van der Waals surface area contributed by atoms with E-state index in [1.807, 2.05) is 13.8 Å². The molecule has 2 nitrogen and oxygen atoms in total. The van der Waals surface area contributed by atoms with Crippen molar-refractivity contribution in [2.75, 3.05) is 13.1 Å². The smallest absolute Gasteiger partial charge is 0.00952 e. The third-order valence-corrected chi connectivity index (χ3v) is 3.67. The summed E-state index contributed by atoms with van der Waals surface area (Å²) in [6.07, 6.45) is 9.68. The zero-order chi connectivity index (χ0) is 11.1. The van der Waals surface area contributed by atoms with E-state index in [1.54, 1.807) is 0 Å². The Bertz CT molecular complexity index is 145. The number of nitrogens with zero attached hydrogens (tertiary/aromatic N) is 1. The van der Waals surface area contributed by atoms with E-state index in [4.69, 9.17) is 5.73 Å². The summed E-state index contributed by atoms with van der Waals surface area (Å²) < 4.78 is 0. The van der Waals surface area contributed by atoms with Gasteiger partial charge >= 0.3 is 0 Å². The molecule has 0 bridgehead atoms. The quantitative estimate of drug-likeness (QED) is 0.724. The number of hydrogen-bond acceptors (Lipinski definition) is 2. The lowest BCUT2D eigenvalue weighted by Crippen LogP contribution is -2.45. The molecule has 0 aromatic heterocycles. The minimum absolute atomic E-state index is 0.486. The number of likely N-dealkylation sites (tertiary alicyclic amines) is 1. The Hall–Kier alpha value is -0.0800. The van der Waals surface area contributed by atoms with Crippen molar-refractivity contribution in [1.29, 1.82) is 0 Å². The van der Waals surface area contributed by atoms with E-state index >= 15 is 0 Å². The second kappa shape index (κ2) is 7.24. The van der Waals surface area contributed by atoms with Gasteiger partial charge in [0.2, 0.25) is 0 Å². The van der Waals surface area contributed by atoms with Crippen LogP contribution in [-0.4, -0.2) is 30.1 Å². The lowest BCUT2D eigenvalue weighted by Gasteiger charge is -2.38. The fraction of sp³-hybridized carbons (Fsp3) is 1.00. The molecule has 2 rings (SSSR count). The molecule has 0 aromatic carbocycles. The Labute approximate surface area is 95.2 Å². The molecule has 0 radical (unpaired) electrons. The van der Waals surface area contributed by atoms with Crippen LogP contribution in [-0.2, 0) is 0 Å². The molecule has 15 heavy (non-hydrogen) atoms. The first-order valence-electron chi connectivity index (χ1n) is 6.86. The van der Waals surface area contributed by atoms with Gasteiger partial charge < -0.3 is 10.6 Å². The lowest BCUT2D eigenvalue weighted by molar-refractivity contribution is 0.123. The molecule has 2 fully saturated rings. The lowest BCUT2D eigenvalue weighted by atomic mass is 9.92. The van der Waals surface area contributed by atoms with E-state index in [2.05, 4.69) is 4.90 Å². The molecule has 0 spiro atoms. The second-order valence-corrected chi connectivity index (χ2v) is 4.67. The highest BCUT2D eigenvalue weighted by Crippen LogP contribution is 2.24. The highest BCUT2D eigenvalue weighted by Gasteiger charge is 2.24. The summed E-state index contributed by atoms with van der Waals surface area (Å²) in [5.41, 5.74) is 5.90. The monoisotopic (exact) mass is 212 g/mol. The van der Waals surface area contributed by atoms with Crippen LogP contribution in [0.2, 0.25) is 0 Å². The van der Waals surface area contributed by atoms with Crippen LogP contribution in [0.15, 0.2) is 0 Å². The van der Waals surface area contributed by atoms with Crippen molar-refractivity contribution in [3.8, 4) is 0 Å². The van der Waals surface area contributed by atoms with Crippen molar-refractivity contribution in [2.45, 2.75) is 70.9 Å². The molecule has 1 aliphatic heterocycles. The average Bonchev–Trinajstić information content (AvgIpc) is 2.34. The minimum atomic E-state index is 0.486.